The van der Waals surface area contributed by atoms with Crippen molar-refractivity contribution in [1.82, 2.24) is 19.3 Å². The minimum Gasteiger partial charge on any atom is -0.490 e. The number of hydrogen-bond donors (Lipinski definition) is 3. The monoisotopic (exact) mass is 522 g/mol. The normalized spacial score (nSPS) is 11.5. The van der Waals surface area contributed by atoms with Crippen LogP contribution in [0.15, 0.2) is 53.6 Å². The van der Waals surface area contributed by atoms with Gasteiger partial charge in [-0.3, -0.25) is 9.78 Å². The Morgan fingerprint density at radius 1 is 1.20 bits per heavy atom. The molecule has 35 heavy (non-hydrogen) atoms. The van der Waals surface area contributed by atoms with Crippen LogP contribution in [-0.2, 0) is 26.0 Å². The summed E-state index contributed by atoms with van der Waals surface area (Å²) < 4.78 is 37.2. The first-order valence-electron chi connectivity index (χ1n) is 10.8. The van der Waals surface area contributed by atoms with Crippen molar-refractivity contribution in [2.45, 2.75) is 31.2 Å². The number of methoxy groups -OCH3 is 1. The summed E-state index contributed by atoms with van der Waals surface area (Å²) in [5, 5.41) is 5.23. The highest BCUT2D eigenvalue weighted by Crippen LogP contribution is 2.29. The number of nitrogens with one attached hydrogen (secondary N) is 2. The second-order valence-electron chi connectivity index (χ2n) is 7.60. The van der Waals surface area contributed by atoms with E-state index in [1.165, 1.54) is 25.3 Å². The maximum atomic E-state index is 13.2. The third kappa shape index (κ3) is 8.89. The van der Waals surface area contributed by atoms with E-state index in [1.807, 2.05) is 6.07 Å². The van der Waals surface area contributed by atoms with Gasteiger partial charge in [-0.2, -0.15) is 12.1 Å². The summed E-state index contributed by atoms with van der Waals surface area (Å²) in [6.45, 7) is 4.02. The lowest BCUT2D eigenvalue weighted by Crippen LogP contribution is -2.41. The van der Waals surface area contributed by atoms with E-state index < -0.39 is 16.1 Å². The lowest BCUT2D eigenvalue weighted by molar-refractivity contribution is -0.116. The fraction of sp³-hybridized carbons (Fsp3) is 0.348. The number of carbonyl (C=O) groups is 2. The van der Waals surface area contributed by atoms with Crippen molar-refractivity contribution >= 4 is 40.9 Å². The number of thiol groups is 1. The molecule has 12 heteroatoms. The van der Waals surface area contributed by atoms with E-state index >= 15 is 0 Å². The molecule has 1 aromatic carbocycles. The number of urea groups is 1. The summed E-state index contributed by atoms with van der Waals surface area (Å²) in [5.41, 5.74) is 1.27. The molecule has 2 N–H and O–H groups in total. The van der Waals surface area contributed by atoms with Crippen LogP contribution < -0.4 is 15.4 Å². The molecule has 0 aliphatic rings. The first-order chi connectivity index (χ1) is 16.6. The Morgan fingerprint density at radius 2 is 1.97 bits per heavy atom. The lowest BCUT2D eigenvalue weighted by Gasteiger charge is -2.20. The Bertz CT molecular complexity index is 1120. The third-order valence-electron chi connectivity index (χ3n) is 4.45. The van der Waals surface area contributed by atoms with Crippen LogP contribution in [0.25, 0.3) is 6.08 Å². The molecule has 0 aliphatic heterocycles. The van der Waals surface area contributed by atoms with Crippen LogP contribution in [0.3, 0.4) is 0 Å². The van der Waals surface area contributed by atoms with Gasteiger partial charge >= 0.3 is 6.03 Å². The van der Waals surface area contributed by atoms with Gasteiger partial charge in [0.25, 0.3) is 10.0 Å². The van der Waals surface area contributed by atoms with Gasteiger partial charge in [-0.1, -0.05) is 12.1 Å². The van der Waals surface area contributed by atoms with Crippen molar-refractivity contribution in [3.63, 3.8) is 0 Å². The second-order valence-corrected chi connectivity index (χ2v) is 10.0. The van der Waals surface area contributed by atoms with E-state index in [0.29, 0.717) is 21.4 Å². The highest BCUT2D eigenvalue weighted by atomic mass is 32.3. The van der Waals surface area contributed by atoms with Gasteiger partial charge in [-0.05, 0) is 69.0 Å². The highest BCUT2D eigenvalue weighted by molar-refractivity contribution is 8.00. The Morgan fingerprint density at radius 3 is 2.63 bits per heavy atom. The van der Waals surface area contributed by atoms with E-state index in [4.69, 9.17) is 9.47 Å². The molecule has 0 unspecified atom stereocenters. The summed E-state index contributed by atoms with van der Waals surface area (Å²) in [5.74, 6) is -0.251. The molecule has 0 fully saturated rings. The average molecular weight is 523 g/mol. The zero-order valence-electron chi connectivity index (χ0n) is 19.8. The smallest absolute Gasteiger partial charge is 0.341 e. The molecule has 0 spiro atoms. The van der Waals surface area contributed by atoms with Crippen molar-refractivity contribution in [3.05, 3.63) is 59.9 Å². The summed E-state index contributed by atoms with van der Waals surface area (Å²) in [4.78, 5) is 28.2. The summed E-state index contributed by atoms with van der Waals surface area (Å²) in [6.07, 6.45) is 4.94. The molecule has 0 atom stereocenters. The SMILES string of the molecule is COCCOc1ccc(CCNC(=O)C=Cc2ccccn2)cc1S(=O)(=O)N(S)C(=O)NC(C)C. The van der Waals surface area contributed by atoms with E-state index in [1.54, 1.807) is 44.3 Å². The quantitative estimate of drug-likeness (QED) is 0.222. The van der Waals surface area contributed by atoms with Gasteiger partial charge in [0, 0.05) is 32.0 Å². The molecule has 10 nitrogen and oxygen atoms in total. The van der Waals surface area contributed by atoms with Crippen molar-refractivity contribution in [2.24, 2.45) is 0 Å². The molecule has 190 valence electrons. The summed E-state index contributed by atoms with van der Waals surface area (Å²) in [7, 11) is -2.84. The molecular formula is C23H30N4O6S2. The number of pyridine rings is 1. The molecular weight excluding hydrogens is 492 g/mol. The minimum absolute atomic E-state index is 0.0597. The Labute approximate surface area is 211 Å². The molecule has 0 aliphatic carbocycles. The number of rotatable bonds is 12. The van der Waals surface area contributed by atoms with Crippen LogP contribution in [0.5, 0.6) is 5.75 Å². The summed E-state index contributed by atoms with van der Waals surface area (Å²) >= 11 is 3.92. The standard InChI is InChI=1S/C23H30N4O6S2/c1-17(2)26-23(29)27(34)35(30,31)21-16-18(7-9-20(21)33-15-14-32-3)11-13-25-22(28)10-8-19-6-4-5-12-24-19/h4-10,12,16-17,34H,11,13-15H2,1-3H3,(H,25,28)(H,26,29). The van der Waals surface area contributed by atoms with Crippen LogP contribution in [0.1, 0.15) is 25.1 Å². The van der Waals surface area contributed by atoms with Crippen LogP contribution in [0, 0.1) is 0 Å². The predicted molar refractivity (Wildman–Crippen MR) is 135 cm³/mol. The van der Waals surface area contributed by atoms with E-state index in [-0.39, 0.29) is 42.4 Å². The van der Waals surface area contributed by atoms with Gasteiger partial charge in [0.2, 0.25) is 5.91 Å². The number of nitrogens with zero attached hydrogens (tertiary/aromatic N) is 2. The van der Waals surface area contributed by atoms with E-state index in [2.05, 4.69) is 28.4 Å². The molecule has 0 saturated heterocycles. The zero-order chi connectivity index (χ0) is 25.8. The van der Waals surface area contributed by atoms with Gasteiger partial charge in [-0.25, -0.2) is 4.79 Å². The highest BCUT2D eigenvalue weighted by Gasteiger charge is 2.30. The first-order valence-corrected chi connectivity index (χ1v) is 12.7. The second kappa shape index (κ2) is 13.7. The first kappa shape index (κ1) is 28.1. The molecule has 3 amide bonds. The van der Waals surface area contributed by atoms with Gasteiger partial charge in [0.1, 0.15) is 17.3 Å². The molecule has 0 radical (unpaired) electrons. The number of carbonyl (C=O) groups excluding carboxylic acids is 2. The van der Waals surface area contributed by atoms with E-state index in [9.17, 15) is 18.0 Å². The van der Waals surface area contributed by atoms with Crippen LogP contribution in [-0.4, -0.2) is 62.0 Å². The molecule has 2 aromatic rings. The number of sulfonamides is 1. The Hall–Kier alpha value is -3.09. The van der Waals surface area contributed by atoms with Crippen LogP contribution >= 0.6 is 12.8 Å². The topological polar surface area (TPSA) is 127 Å². The number of ether oxygens (including phenoxy) is 2. The minimum atomic E-state index is -4.34. The number of benzene rings is 1. The fourth-order valence-electron chi connectivity index (χ4n) is 2.79. The molecule has 1 aromatic heterocycles. The molecule has 0 bridgehead atoms. The number of aromatic nitrogens is 1. The van der Waals surface area contributed by atoms with Crippen molar-refractivity contribution in [1.29, 1.82) is 0 Å². The number of amides is 3. The van der Waals surface area contributed by atoms with Gasteiger partial charge in [0.15, 0.2) is 0 Å². The fourth-order valence-corrected chi connectivity index (χ4v) is 4.25. The predicted octanol–water partition coefficient (Wildman–Crippen LogP) is 2.43. The summed E-state index contributed by atoms with van der Waals surface area (Å²) in [6, 6.07) is 8.79. The van der Waals surface area contributed by atoms with Crippen molar-refractivity contribution in [2.75, 3.05) is 26.9 Å². The van der Waals surface area contributed by atoms with Crippen molar-refractivity contribution < 1.29 is 27.5 Å². The Balaban J connectivity index is 2.15. The van der Waals surface area contributed by atoms with Gasteiger partial charge in [0.05, 0.1) is 12.3 Å². The van der Waals surface area contributed by atoms with Crippen LogP contribution in [0.4, 0.5) is 4.79 Å². The maximum absolute atomic E-state index is 13.2. The van der Waals surface area contributed by atoms with Crippen molar-refractivity contribution in [3.8, 4) is 5.75 Å². The zero-order valence-corrected chi connectivity index (χ0v) is 21.5. The third-order valence-corrected chi connectivity index (χ3v) is 6.77. The largest absolute Gasteiger partial charge is 0.490 e. The van der Waals surface area contributed by atoms with Gasteiger partial charge in [-0.15, -0.1) is 0 Å². The number of hydrogen-bond acceptors (Lipinski definition) is 8. The molecule has 2 rings (SSSR count). The molecule has 0 saturated carbocycles. The van der Waals surface area contributed by atoms with Gasteiger partial charge < -0.3 is 20.1 Å². The average Bonchev–Trinajstić information content (AvgIpc) is 2.83. The lowest BCUT2D eigenvalue weighted by atomic mass is 10.1. The maximum Gasteiger partial charge on any atom is 0.341 e. The Kier molecular flexibility index (Phi) is 11.0. The molecule has 1 heterocycles. The van der Waals surface area contributed by atoms with E-state index in [0.717, 1.165) is 0 Å². The van der Waals surface area contributed by atoms with Crippen LogP contribution in [0.2, 0.25) is 0 Å².